The number of hydrogen-bond donors (Lipinski definition) is 0. The third kappa shape index (κ3) is 1.26. The van der Waals surface area contributed by atoms with Crippen molar-refractivity contribution in [1.82, 2.24) is 10.1 Å². The van der Waals surface area contributed by atoms with Crippen LogP contribution in [0.1, 0.15) is 17.0 Å². The smallest absolute Gasteiger partial charge is 0.155 e. The minimum atomic E-state index is 0.829. The van der Waals surface area contributed by atoms with E-state index in [1.165, 1.54) is 0 Å². The Bertz CT molecular complexity index is 564. The van der Waals surface area contributed by atoms with E-state index in [0.717, 1.165) is 40.4 Å². The van der Waals surface area contributed by atoms with Gasteiger partial charge in [-0.15, -0.1) is 0 Å². The standard InChI is InChI=1S/C12H11N3O/c1-7-11(8(2)16-15-7)10-5-9-3-4-13-12(9)14-6-10/h4-6H,3H2,1-2H3. The molecule has 0 fully saturated rings. The molecule has 0 atom stereocenters. The summed E-state index contributed by atoms with van der Waals surface area (Å²) in [5.41, 5.74) is 4.17. The molecular formula is C12H11N3O. The van der Waals surface area contributed by atoms with Crippen LogP contribution in [0.5, 0.6) is 0 Å². The van der Waals surface area contributed by atoms with Gasteiger partial charge in [-0.1, -0.05) is 5.16 Å². The normalized spacial score (nSPS) is 13.1. The Hall–Kier alpha value is -1.97. The van der Waals surface area contributed by atoms with Crippen molar-refractivity contribution in [3.05, 3.63) is 29.3 Å². The number of fused-ring (bicyclic) bond motifs is 1. The number of aromatic nitrogens is 2. The number of aliphatic imine (C=N–C) groups is 1. The number of nitrogens with zero attached hydrogens (tertiary/aromatic N) is 3. The zero-order valence-electron chi connectivity index (χ0n) is 9.19. The topological polar surface area (TPSA) is 51.3 Å². The third-order valence-corrected chi connectivity index (χ3v) is 2.79. The molecule has 1 aliphatic rings. The summed E-state index contributed by atoms with van der Waals surface area (Å²) >= 11 is 0. The van der Waals surface area contributed by atoms with Crippen LogP contribution in [0.4, 0.5) is 5.82 Å². The van der Waals surface area contributed by atoms with Gasteiger partial charge in [-0.3, -0.25) is 0 Å². The van der Waals surface area contributed by atoms with Crippen molar-refractivity contribution in [1.29, 1.82) is 0 Å². The molecule has 0 saturated carbocycles. The highest BCUT2D eigenvalue weighted by Gasteiger charge is 2.15. The summed E-state index contributed by atoms with van der Waals surface area (Å²) in [6, 6.07) is 2.11. The molecular weight excluding hydrogens is 202 g/mol. The molecule has 0 radical (unpaired) electrons. The average Bonchev–Trinajstić information content (AvgIpc) is 2.85. The second kappa shape index (κ2) is 3.27. The molecule has 0 bridgehead atoms. The van der Waals surface area contributed by atoms with Crippen molar-refractivity contribution in [3.63, 3.8) is 0 Å². The zero-order valence-corrected chi connectivity index (χ0v) is 9.19. The van der Waals surface area contributed by atoms with Gasteiger partial charge in [-0.05, 0) is 19.9 Å². The first-order valence-corrected chi connectivity index (χ1v) is 5.20. The van der Waals surface area contributed by atoms with Gasteiger partial charge in [-0.25, -0.2) is 9.98 Å². The Balaban J connectivity index is 2.15. The van der Waals surface area contributed by atoms with Crippen molar-refractivity contribution in [2.75, 3.05) is 0 Å². The van der Waals surface area contributed by atoms with Crippen LogP contribution < -0.4 is 0 Å². The summed E-state index contributed by atoms with van der Waals surface area (Å²) in [6.45, 7) is 3.86. The molecule has 3 heterocycles. The van der Waals surface area contributed by atoms with E-state index in [4.69, 9.17) is 4.52 Å². The molecule has 2 aromatic rings. The molecule has 2 aromatic heterocycles. The Kier molecular flexibility index (Phi) is 1.89. The zero-order chi connectivity index (χ0) is 11.1. The highest BCUT2D eigenvalue weighted by atomic mass is 16.5. The highest BCUT2D eigenvalue weighted by Crippen LogP contribution is 2.30. The van der Waals surface area contributed by atoms with Crippen molar-refractivity contribution in [3.8, 4) is 11.1 Å². The van der Waals surface area contributed by atoms with Crippen LogP contribution >= 0.6 is 0 Å². The maximum atomic E-state index is 5.16. The van der Waals surface area contributed by atoms with Gasteiger partial charge in [0, 0.05) is 35.5 Å². The van der Waals surface area contributed by atoms with E-state index in [1.54, 1.807) is 0 Å². The van der Waals surface area contributed by atoms with Crippen LogP contribution in [0, 0.1) is 13.8 Å². The lowest BCUT2D eigenvalue weighted by Crippen LogP contribution is -1.87. The van der Waals surface area contributed by atoms with Crippen molar-refractivity contribution < 1.29 is 4.52 Å². The molecule has 0 spiro atoms. The fourth-order valence-corrected chi connectivity index (χ4v) is 2.03. The number of pyridine rings is 1. The van der Waals surface area contributed by atoms with E-state index in [-0.39, 0.29) is 0 Å². The summed E-state index contributed by atoms with van der Waals surface area (Å²) < 4.78 is 5.16. The van der Waals surface area contributed by atoms with E-state index in [0.29, 0.717) is 0 Å². The molecule has 1 aliphatic heterocycles. The molecule has 4 heteroatoms. The maximum Gasteiger partial charge on any atom is 0.155 e. The molecule has 4 nitrogen and oxygen atoms in total. The monoisotopic (exact) mass is 213 g/mol. The van der Waals surface area contributed by atoms with E-state index in [1.807, 2.05) is 26.3 Å². The fraction of sp³-hybridized carbons (Fsp3) is 0.250. The van der Waals surface area contributed by atoms with E-state index in [9.17, 15) is 0 Å². The van der Waals surface area contributed by atoms with Crippen LogP contribution in [-0.2, 0) is 6.42 Å². The predicted octanol–water partition coefficient (Wildman–Crippen LogP) is 2.61. The minimum Gasteiger partial charge on any atom is -0.361 e. The molecule has 0 unspecified atom stereocenters. The summed E-state index contributed by atoms with van der Waals surface area (Å²) in [4.78, 5) is 8.52. The van der Waals surface area contributed by atoms with Crippen molar-refractivity contribution in [2.24, 2.45) is 4.99 Å². The molecule has 3 rings (SSSR count). The Morgan fingerprint density at radius 3 is 2.94 bits per heavy atom. The van der Waals surface area contributed by atoms with Gasteiger partial charge in [0.1, 0.15) is 5.76 Å². The van der Waals surface area contributed by atoms with Gasteiger partial charge in [0.25, 0.3) is 0 Å². The second-order valence-corrected chi connectivity index (χ2v) is 3.92. The van der Waals surface area contributed by atoms with Crippen molar-refractivity contribution >= 4 is 12.0 Å². The van der Waals surface area contributed by atoms with Gasteiger partial charge >= 0.3 is 0 Å². The van der Waals surface area contributed by atoms with E-state index >= 15 is 0 Å². The van der Waals surface area contributed by atoms with E-state index in [2.05, 4.69) is 21.2 Å². The van der Waals surface area contributed by atoms with Crippen LogP contribution in [0.3, 0.4) is 0 Å². The van der Waals surface area contributed by atoms with Gasteiger partial charge in [0.15, 0.2) is 5.82 Å². The maximum absolute atomic E-state index is 5.16. The fourth-order valence-electron chi connectivity index (χ4n) is 2.03. The van der Waals surface area contributed by atoms with Crippen LogP contribution in [0.25, 0.3) is 11.1 Å². The Morgan fingerprint density at radius 1 is 1.31 bits per heavy atom. The van der Waals surface area contributed by atoms with Crippen LogP contribution in [-0.4, -0.2) is 16.4 Å². The van der Waals surface area contributed by atoms with E-state index < -0.39 is 0 Å². The number of hydrogen-bond acceptors (Lipinski definition) is 4. The summed E-state index contributed by atoms with van der Waals surface area (Å²) in [6.07, 6.45) is 4.57. The Labute approximate surface area is 93.0 Å². The van der Waals surface area contributed by atoms with Gasteiger partial charge < -0.3 is 4.52 Å². The average molecular weight is 213 g/mol. The third-order valence-electron chi connectivity index (χ3n) is 2.79. The molecule has 0 aromatic carbocycles. The summed E-state index contributed by atoms with van der Waals surface area (Å²) in [7, 11) is 0. The SMILES string of the molecule is Cc1noc(C)c1-c1cnc2c(c1)CC=N2. The molecule has 0 saturated heterocycles. The van der Waals surface area contributed by atoms with Crippen molar-refractivity contribution in [2.45, 2.75) is 20.3 Å². The minimum absolute atomic E-state index is 0.829. The molecule has 0 amide bonds. The van der Waals surface area contributed by atoms with Crippen LogP contribution in [0.2, 0.25) is 0 Å². The van der Waals surface area contributed by atoms with Gasteiger partial charge in [0.2, 0.25) is 0 Å². The lowest BCUT2D eigenvalue weighted by molar-refractivity contribution is 0.393. The second-order valence-electron chi connectivity index (χ2n) is 3.92. The first-order valence-electron chi connectivity index (χ1n) is 5.20. The largest absolute Gasteiger partial charge is 0.361 e. The summed E-state index contributed by atoms with van der Waals surface area (Å²) in [5.74, 6) is 1.66. The van der Waals surface area contributed by atoms with Gasteiger partial charge in [0.05, 0.1) is 5.69 Å². The Morgan fingerprint density at radius 2 is 2.19 bits per heavy atom. The number of rotatable bonds is 1. The predicted molar refractivity (Wildman–Crippen MR) is 61.1 cm³/mol. The first kappa shape index (κ1) is 9.27. The molecule has 80 valence electrons. The molecule has 0 aliphatic carbocycles. The molecule has 0 N–H and O–H groups in total. The summed E-state index contributed by atoms with van der Waals surface area (Å²) in [5, 5.41) is 3.95. The first-order chi connectivity index (χ1) is 7.75. The quantitative estimate of drug-likeness (QED) is 0.731. The highest BCUT2D eigenvalue weighted by molar-refractivity contribution is 5.77. The van der Waals surface area contributed by atoms with Gasteiger partial charge in [-0.2, -0.15) is 0 Å². The lowest BCUT2D eigenvalue weighted by Gasteiger charge is -2.02. The molecule has 16 heavy (non-hydrogen) atoms. The van der Waals surface area contributed by atoms with Crippen LogP contribution in [0.15, 0.2) is 21.8 Å². The lowest BCUT2D eigenvalue weighted by atomic mass is 10.0. The number of aryl methyl sites for hydroxylation is 2.